The summed E-state index contributed by atoms with van der Waals surface area (Å²) < 4.78 is 3.51. The molecular weight excluding hydrogens is 446 g/mol. The topological polar surface area (TPSA) is 81.3 Å². The van der Waals surface area contributed by atoms with Crippen molar-refractivity contribution in [2.24, 2.45) is 0 Å². The van der Waals surface area contributed by atoms with Gasteiger partial charge in [-0.25, -0.2) is 0 Å². The average molecular weight is 470 g/mol. The Labute approximate surface area is 200 Å². The number of para-hydroxylation sites is 2. The molecule has 5 rings (SSSR count). The molecule has 34 heavy (non-hydrogen) atoms. The highest BCUT2D eigenvalue weighted by atomic mass is 32.2. The molecule has 0 aliphatic carbocycles. The van der Waals surface area contributed by atoms with E-state index in [1.165, 1.54) is 11.8 Å². The molecule has 5 aromatic rings. The van der Waals surface area contributed by atoms with Crippen LogP contribution in [0.2, 0.25) is 0 Å². The van der Waals surface area contributed by atoms with Crippen LogP contribution in [0.5, 0.6) is 0 Å². The second-order valence-electron chi connectivity index (χ2n) is 7.84. The summed E-state index contributed by atoms with van der Waals surface area (Å²) in [5.41, 5.74) is 3.41. The van der Waals surface area contributed by atoms with Crippen LogP contribution in [0.1, 0.15) is 13.3 Å². The molecule has 0 saturated heterocycles. The lowest BCUT2D eigenvalue weighted by molar-refractivity contribution is -0.113. The average Bonchev–Trinajstić information content (AvgIpc) is 3.30. The van der Waals surface area contributed by atoms with E-state index < -0.39 is 0 Å². The maximum absolute atomic E-state index is 13.0. The number of thioether (sulfide) groups is 1. The highest BCUT2D eigenvalue weighted by Gasteiger charge is 2.17. The number of amides is 1. The minimum absolute atomic E-state index is 0.0795. The standard InChI is InChI=1S/C26H23N5O2S/c1-2-16-30-24(33)20-13-7-9-15-22(20)31-25(30)28-29-26(31)34-17-23(32)27-21-14-8-6-12-19(21)18-10-4-3-5-11-18/h3-15H,2,16-17H2,1H3,(H,27,32). The van der Waals surface area contributed by atoms with Gasteiger partial charge in [-0.15, -0.1) is 10.2 Å². The van der Waals surface area contributed by atoms with Gasteiger partial charge in [0, 0.05) is 17.8 Å². The normalized spacial score (nSPS) is 11.2. The predicted molar refractivity (Wildman–Crippen MR) is 136 cm³/mol. The molecule has 170 valence electrons. The van der Waals surface area contributed by atoms with E-state index in [1.54, 1.807) is 4.57 Å². The Morgan fingerprint density at radius 2 is 1.68 bits per heavy atom. The Kier molecular flexibility index (Phi) is 6.14. The summed E-state index contributed by atoms with van der Waals surface area (Å²) in [4.78, 5) is 25.8. The molecule has 0 radical (unpaired) electrons. The van der Waals surface area contributed by atoms with E-state index >= 15 is 0 Å². The number of carbonyl (C=O) groups excluding carboxylic acids is 1. The molecule has 0 bridgehead atoms. The van der Waals surface area contributed by atoms with E-state index in [1.807, 2.05) is 90.2 Å². The Bertz CT molecular complexity index is 1540. The fourth-order valence-electron chi connectivity index (χ4n) is 4.03. The van der Waals surface area contributed by atoms with E-state index in [0.29, 0.717) is 22.9 Å². The monoisotopic (exact) mass is 469 g/mol. The second kappa shape index (κ2) is 9.52. The molecule has 2 heterocycles. The number of nitrogens with zero attached hydrogens (tertiary/aromatic N) is 4. The van der Waals surface area contributed by atoms with Crippen LogP contribution in [0.4, 0.5) is 5.69 Å². The number of fused-ring (bicyclic) bond motifs is 3. The first-order valence-corrected chi connectivity index (χ1v) is 12.1. The van der Waals surface area contributed by atoms with Gasteiger partial charge in [-0.1, -0.05) is 79.3 Å². The van der Waals surface area contributed by atoms with Crippen molar-refractivity contribution in [1.82, 2.24) is 19.2 Å². The summed E-state index contributed by atoms with van der Waals surface area (Å²) in [5.74, 6) is 0.504. The van der Waals surface area contributed by atoms with Gasteiger partial charge < -0.3 is 5.32 Å². The molecule has 0 spiro atoms. The zero-order chi connectivity index (χ0) is 23.5. The number of anilines is 1. The van der Waals surface area contributed by atoms with E-state index in [2.05, 4.69) is 15.5 Å². The van der Waals surface area contributed by atoms with Gasteiger partial charge in [-0.3, -0.25) is 18.6 Å². The van der Waals surface area contributed by atoms with Gasteiger partial charge in [-0.05, 0) is 30.2 Å². The zero-order valence-corrected chi connectivity index (χ0v) is 19.5. The van der Waals surface area contributed by atoms with Gasteiger partial charge in [0.05, 0.1) is 16.7 Å². The third-order valence-corrected chi connectivity index (χ3v) is 6.47. The lowest BCUT2D eigenvalue weighted by Gasteiger charge is -2.12. The molecule has 1 amide bonds. The minimum atomic E-state index is -0.142. The third-order valence-electron chi connectivity index (χ3n) is 5.54. The Morgan fingerprint density at radius 1 is 0.941 bits per heavy atom. The first kappa shape index (κ1) is 21.9. The molecular formula is C26H23N5O2S. The van der Waals surface area contributed by atoms with E-state index in [0.717, 1.165) is 28.8 Å². The molecule has 0 aliphatic rings. The van der Waals surface area contributed by atoms with Crippen molar-refractivity contribution >= 4 is 40.0 Å². The summed E-state index contributed by atoms with van der Waals surface area (Å²) >= 11 is 1.30. The quantitative estimate of drug-likeness (QED) is 0.345. The zero-order valence-electron chi connectivity index (χ0n) is 18.6. The second-order valence-corrected chi connectivity index (χ2v) is 8.78. The number of hydrogen-bond donors (Lipinski definition) is 1. The first-order chi connectivity index (χ1) is 16.7. The largest absolute Gasteiger partial charge is 0.325 e. The van der Waals surface area contributed by atoms with E-state index in [9.17, 15) is 9.59 Å². The van der Waals surface area contributed by atoms with Gasteiger partial charge in [0.15, 0.2) is 5.16 Å². The van der Waals surface area contributed by atoms with Crippen molar-refractivity contribution in [3.8, 4) is 11.1 Å². The molecule has 0 fully saturated rings. The van der Waals surface area contributed by atoms with Crippen molar-refractivity contribution in [3.63, 3.8) is 0 Å². The van der Waals surface area contributed by atoms with Crippen LogP contribution >= 0.6 is 11.8 Å². The van der Waals surface area contributed by atoms with Crippen LogP contribution in [0, 0.1) is 0 Å². The Morgan fingerprint density at radius 3 is 2.50 bits per heavy atom. The molecule has 0 saturated carbocycles. The number of hydrogen-bond acceptors (Lipinski definition) is 5. The van der Waals surface area contributed by atoms with Gasteiger partial charge in [-0.2, -0.15) is 0 Å². The maximum Gasteiger partial charge on any atom is 0.262 e. The van der Waals surface area contributed by atoms with Crippen molar-refractivity contribution in [3.05, 3.63) is 89.2 Å². The van der Waals surface area contributed by atoms with Crippen molar-refractivity contribution in [2.75, 3.05) is 11.1 Å². The SMILES string of the molecule is CCCn1c(=O)c2ccccc2n2c(SCC(=O)Nc3ccccc3-c3ccccc3)nnc12. The summed E-state index contributed by atoms with van der Waals surface area (Å²) in [6.45, 7) is 2.56. The van der Waals surface area contributed by atoms with Crippen molar-refractivity contribution in [1.29, 1.82) is 0 Å². The van der Waals surface area contributed by atoms with Crippen LogP contribution in [0.25, 0.3) is 27.8 Å². The fourth-order valence-corrected chi connectivity index (χ4v) is 4.77. The molecule has 0 atom stereocenters. The van der Waals surface area contributed by atoms with Crippen LogP contribution in [-0.4, -0.2) is 30.8 Å². The van der Waals surface area contributed by atoms with E-state index in [-0.39, 0.29) is 17.2 Å². The first-order valence-electron chi connectivity index (χ1n) is 11.1. The third kappa shape index (κ3) is 4.08. The minimum Gasteiger partial charge on any atom is -0.325 e. The number of nitrogens with one attached hydrogen (secondary N) is 1. The smallest absolute Gasteiger partial charge is 0.262 e. The highest BCUT2D eigenvalue weighted by Crippen LogP contribution is 2.28. The molecule has 1 N–H and O–H groups in total. The summed E-state index contributed by atoms with van der Waals surface area (Å²) in [7, 11) is 0. The summed E-state index contributed by atoms with van der Waals surface area (Å²) in [5, 5.41) is 12.8. The van der Waals surface area contributed by atoms with Crippen LogP contribution in [0.3, 0.4) is 0 Å². The van der Waals surface area contributed by atoms with Crippen LogP contribution < -0.4 is 10.9 Å². The number of carbonyl (C=O) groups is 1. The Hall–Kier alpha value is -3.91. The van der Waals surface area contributed by atoms with Gasteiger partial charge in [0.25, 0.3) is 5.56 Å². The fraction of sp³-hybridized carbons (Fsp3) is 0.154. The summed E-state index contributed by atoms with van der Waals surface area (Å²) in [6.07, 6.45) is 0.798. The lowest BCUT2D eigenvalue weighted by atomic mass is 10.0. The van der Waals surface area contributed by atoms with Crippen molar-refractivity contribution < 1.29 is 4.79 Å². The molecule has 8 heteroatoms. The molecule has 0 unspecified atom stereocenters. The predicted octanol–water partition coefficient (Wildman–Crippen LogP) is 4.85. The molecule has 7 nitrogen and oxygen atoms in total. The van der Waals surface area contributed by atoms with E-state index in [4.69, 9.17) is 0 Å². The van der Waals surface area contributed by atoms with Gasteiger partial charge in [0.1, 0.15) is 0 Å². The number of aromatic nitrogens is 4. The molecule has 2 aromatic heterocycles. The summed E-state index contributed by atoms with van der Waals surface area (Å²) in [6, 6.07) is 25.1. The lowest BCUT2D eigenvalue weighted by Crippen LogP contribution is -2.23. The molecule has 0 aliphatic heterocycles. The number of benzene rings is 3. The maximum atomic E-state index is 13.0. The number of aryl methyl sites for hydroxylation is 1. The van der Waals surface area contributed by atoms with Gasteiger partial charge >= 0.3 is 0 Å². The van der Waals surface area contributed by atoms with Crippen molar-refractivity contribution in [2.45, 2.75) is 25.0 Å². The van der Waals surface area contributed by atoms with Crippen LogP contribution in [-0.2, 0) is 11.3 Å². The van der Waals surface area contributed by atoms with Crippen LogP contribution in [0.15, 0.2) is 88.8 Å². The molecule has 3 aromatic carbocycles. The van der Waals surface area contributed by atoms with Gasteiger partial charge in [0.2, 0.25) is 11.7 Å². The highest BCUT2D eigenvalue weighted by molar-refractivity contribution is 7.99. The number of rotatable bonds is 7. The Balaban J connectivity index is 1.43.